The highest BCUT2D eigenvalue weighted by Gasteiger charge is 2.37. The van der Waals surface area contributed by atoms with Crippen LogP contribution >= 0.6 is 0 Å². The van der Waals surface area contributed by atoms with Crippen molar-refractivity contribution in [3.8, 4) is 0 Å². The Morgan fingerprint density at radius 1 is 1.69 bits per heavy atom. The molecule has 0 aliphatic carbocycles. The molecule has 1 aliphatic heterocycles. The molecule has 0 aromatic rings. The van der Waals surface area contributed by atoms with Gasteiger partial charge >= 0.3 is 0 Å². The number of aliphatic hydroxyl groups excluding tert-OH is 2. The van der Waals surface area contributed by atoms with E-state index in [4.69, 9.17) is 14.6 Å². The Hall–Kier alpha value is -0.420. The van der Waals surface area contributed by atoms with Crippen LogP contribution in [-0.4, -0.2) is 48.8 Å². The maximum atomic E-state index is 9.74. The van der Waals surface area contributed by atoms with E-state index in [0.29, 0.717) is 6.61 Å². The summed E-state index contributed by atoms with van der Waals surface area (Å²) in [5.74, 6) is -0.260. The average molecular weight is 188 g/mol. The van der Waals surface area contributed by atoms with E-state index in [9.17, 15) is 5.11 Å². The van der Waals surface area contributed by atoms with E-state index in [1.165, 1.54) is 7.11 Å². The molecule has 1 saturated heterocycles. The minimum Gasteiger partial charge on any atom is -0.394 e. The third-order valence-electron chi connectivity index (χ3n) is 2.43. The Labute approximate surface area is 77.8 Å². The normalized spacial score (nSPS) is 40.2. The summed E-state index contributed by atoms with van der Waals surface area (Å²) >= 11 is 0. The second-order valence-electron chi connectivity index (χ2n) is 3.13. The van der Waals surface area contributed by atoms with Gasteiger partial charge in [0.15, 0.2) is 0 Å². The molecule has 76 valence electrons. The van der Waals surface area contributed by atoms with Gasteiger partial charge in [-0.3, -0.25) is 0 Å². The number of hydrogen-bond donors (Lipinski definition) is 2. The summed E-state index contributed by atoms with van der Waals surface area (Å²) in [4.78, 5) is 0. The fourth-order valence-electron chi connectivity index (χ4n) is 1.57. The summed E-state index contributed by atoms with van der Waals surface area (Å²) in [6.07, 6.45) is 0.259. The van der Waals surface area contributed by atoms with E-state index >= 15 is 0 Å². The Balaban J connectivity index is 2.65. The van der Waals surface area contributed by atoms with Gasteiger partial charge in [0.25, 0.3) is 0 Å². The van der Waals surface area contributed by atoms with Crippen molar-refractivity contribution in [2.24, 2.45) is 5.92 Å². The molecule has 0 saturated carbocycles. The van der Waals surface area contributed by atoms with Crippen LogP contribution in [0.25, 0.3) is 0 Å². The molecule has 1 fully saturated rings. The zero-order valence-electron chi connectivity index (χ0n) is 7.72. The van der Waals surface area contributed by atoms with Gasteiger partial charge in [-0.15, -0.1) is 6.58 Å². The zero-order chi connectivity index (χ0) is 9.84. The second kappa shape index (κ2) is 4.72. The van der Waals surface area contributed by atoms with Crippen LogP contribution in [0.3, 0.4) is 0 Å². The molecule has 1 aliphatic rings. The lowest BCUT2D eigenvalue weighted by molar-refractivity contribution is -0.165. The van der Waals surface area contributed by atoms with Crippen molar-refractivity contribution < 1.29 is 19.7 Å². The van der Waals surface area contributed by atoms with Crippen LogP contribution in [0.15, 0.2) is 12.7 Å². The lowest BCUT2D eigenvalue weighted by Gasteiger charge is -2.37. The Morgan fingerprint density at radius 3 is 2.85 bits per heavy atom. The number of hydrogen-bond acceptors (Lipinski definition) is 4. The van der Waals surface area contributed by atoms with Crippen molar-refractivity contribution in [1.29, 1.82) is 0 Å². The van der Waals surface area contributed by atoms with E-state index in [1.807, 2.05) is 0 Å². The van der Waals surface area contributed by atoms with Crippen LogP contribution < -0.4 is 0 Å². The summed E-state index contributed by atoms with van der Waals surface area (Å²) < 4.78 is 10.3. The van der Waals surface area contributed by atoms with Crippen LogP contribution in [-0.2, 0) is 9.47 Å². The van der Waals surface area contributed by atoms with Crippen LogP contribution in [0, 0.1) is 5.92 Å². The number of ether oxygens (including phenoxy) is 2. The molecule has 1 heterocycles. The second-order valence-corrected chi connectivity index (χ2v) is 3.13. The van der Waals surface area contributed by atoms with Crippen molar-refractivity contribution >= 4 is 0 Å². The van der Waals surface area contributed by atoms with Gasteiger partial charge in [0, 0.05) is 13.0 Å². The van der Waals surface area contributed by atoms with Gasteiger partial charge in [0.1, 0.15) is 6.10 Å². The minimum absolute atomic E-state index is 0.107. The van der Waals surface area contributed by atoms with Crippen LogP contribution in [0.5, 0.6) is 0 Å². The molecule has 0 aromatic heterocycles. The number of rotatable bonds is 3. The first kappa shape index (κ1) is 10.7. The van der Waals surface area contributed by atoms with Gasteiger partial charge < -0.3 is 19.7 Å². The Kier molecular flexibility index (Phi) is 3.87. The fraction of sp³-hybridized carbons (Fsp3) is 0.778. The van der Waals surface area contributed by atoms with E-state index in [1.54, 1.807) is 6.08 Å². The van der Waals surface area contributed by atoms with E-state index in [-0.39, 0.29) is 24.7 Å². The molecular formula is C9H16O4. The molecule has 0 amide bonds. The number of aliphatic hydroxyl groups is 2. The van der Waals surface area contributed by atoms with Gasteiger partial charge in [-0.2, -0.15) is 0 Å². The van der Waals surface area contributed by atoms with E-state index < -0.39 is 6.10 Å². The quantitative estimate of drug-likeness (QED) is 0.589. The number of methoxy groups -OCH3 is 1. The maximum absolute atomic E-state index is 9.74. The largest absolute Gasteiger partial charge is 0.394 e. The lowest BCUT2D eigenvalue weighted by atomic mass is 9.90. The molecule has 0 spiro atoms. The zero-order valence-corrected chi connectivity index (χ0v) is 7.72. The molecule has 0 aromatic carbocycles. The van der Waals surface area contributed by atoms with Crippen molar-refractivity contribution in [2.75, 3.05) is 20.3 Å². The smallest absolute Gasteiger partial charge is 0.107 e. The highest BCUT2D eigenvalue weighted by atomic mass is 16.6. The molecule has 4 heteroatoms. The molecule has 2 N–H and O–H groups in total. The standard InChI is InChI=1S/C9H16O4/c1-3-6-7(4-10)13-5-8(12-2)9(6)11/h3,6-11H,1,4-5H2,2H3. The minimum atomic E-state index is -0.645. The molecular weight excluding hydrogens is 172 g/mol. The van der Waals surface area contributed by atoms with Crippen molar-refractivity contribution in [3.63, 3.8) is 0 Å². The predicted molar refractivity (Wildman–Crippen MR) is 47.3 cm³/mol. The van der Waals surface area contributed by atoms with E-state index in [2.05, 4.69) is 6.58 Å². The van der Waals surface area contributed by atoms with Gasteiger partial charge in [-0.25, -0.2) is 0 Å². The Bertz CT molecular complexity index is 171. The van der Waals surface area contributed by atoms with Crippen molar-refractivity contribution in [3.05, 3.63) is 12.7 Å². The summed E-state index contributed by atoms with van der Waals surface area (Å²) in [6, 6.07) is 0. The lowest BCUT2D eigenvalue weighted by Crippen LogP contribution is -2.50. The average Bonchev–Trinajstić information content (AvgIpc) is 2.17. The van der Waals surface area contributed by atoms with Crippen LogP contribution in [0.4, 0.5) is 0 Å². The SMILES string of the molecule is C=CC1C(CO)OCC(OC)C1O. The van der Waals surface area contributed by atoms with Crippen molar-refractivity contribution in [1.82, 2.24) is 0 Å². The van der Waals surface area contributed by atoms with E-state index in [0.717, 1.165) is 0 Å². The first-order chi connectivity index (χ1) is 6.24. The summed E-state index contributed by atoms with van der Waals surface area (Å²) in [6.45, 7) is 3.80. The highest BCUT2D eigenvalue weighted by Crippen LogP contribution is 2.23. The van der Waals surface area contributed by atoms with Crippen molar-refractivity contribution in [2.45, 2.75) is 18.3 Å². The first-order valence-corrected chi connectivity index (χ1v) is 4.30. The fourth-order valence-corrected chi connectivity index (χ4v) is 1.57. The molecule has 1 rings (SSSR count). The van der Waals surface area contributed by atoms with Gasteiger partial charge in [-0.1, -0.05) is 6.08 Å². The topological polar surface area (TPSA) is 58.9 Å². The van der Waals surface area contributed by atoms with Gasteiger partial charge in [0.2, 0.25) is 0 Å². The molecule has 4 atom stereocenters. The summed E-state index contributed by atoms with van der Waals surface area (Å²) in [5.41, 5.74) is 0. The third kappa shape index (κ3) is 2.08. The predicted octanol–water partition coefficient (Wildman–Crippen LogP) is -0.444. The maximum Gasteiger partial charge on any atom is 0.107 e. The van der Waals surface area contributed by atoms with Crippen LogP contribution in [0.1, 0.15) is 0 Å². The third-order valence-corrected chi connectivity index (χ3v) is 2.43. The summed E-state index contributed by atoms with van der Waals surface area (Å²) in [7, 11) is 1.52. The first-order valence-electron chi connectivity index (χ1n) is 4.30. The highest BCUT2D eigenvalue weighted by molar-refractivity contribution is 4.96. The van der Waals surface area contributed by atoms with Gasteiger partial charge in [-0.05, 0) is 0 Å². The molecule has 4 unspecified atom stereocenters. The monoisotopic (exact) mass is 188 g/mol. The van der Waals surface area contributed by atoms with Gasteiger partial charge in [0.05, 0.1) is 25.4 Å². The molecule has 4 nitrogen and oxygen atoms in total. The summed E-state index contributed by atoms with van der Waals surface area (Å²) in [5, 5.41) is 18.7. The van der Waals surface area contributed by atoms with Crippen LogP contribution in [0.2, 0.25) is 0 Å². The Morgan fingerprint density at radius 2 is 2.38 bits per heavy atom. The molecule has 0 radical (unpaired) electrons. The molecule has 0 bridgehead atoms. The molecule has 13 heavy (non-hydrogen) atoms.